The van der Waals surface area contributed by atoms with Crippen molar-refractivity contribution < 1.29 is 9.47 Å². The first kappa shape index (κ1) is 21.5. The van der Waals surface area contributed by atoms with E-state index in [0.717, 1.165) is 64.2 Å². The monoisotopic (exact) mass is 368 g/mol. The summed E-state index contributed by atoms with van der Waals surface area (Å²) in [5.41, 5.74) is 0. The lowest BCUT2D eigenvalue weighted by Gasteiger charge is -2.25. The first-order chi connectivity index (χ1) is 12.7. The molecule has 0 saturated carbocycles. The average Bonchev–Trinajstić information content (AvgIpc) is 3.27. The molecule has 0 aromatic carbocycles. The summed E-state index contributed by atoms with van der Waals surface area (Å²) in [7, 11) is 0. The molecule has 26 heavy (non-hydrogen) atoms. The Balaban J connectivity index is 1.62. The van der Waals surface area contributed by atoms with Gasteiger partial charge in [-0.25, -0.2) is 0 Å². The van der Waals surface area contributed by atoms with Crippen LogP contribution in [0.5, 0.6) is 0 Å². The summed E-state index contributed by atoms with van der Waals surface area (Å²) in [4.78, 5) is 7.43. The zero-order valence-electron chi connectivity index (χ0n) is 17.1. The van der Waals surface area contributed by atoms with Crippen molar-refractivity contribution in [2.75, 3.05) is 52.5 Å². The summed E-state index contributed by atoms with van der Waals surface area (Å²) in [5, 5.41) is 6.80. The number of ether oxygens (including phenoxy) is 2. The van der Waals surface area contributed by atoms with Gasteiger partial charge in [0, 0.05) is 38.9 Å². The van der Waals surface area contributed by atoms with Gasteiger partial charge in [-0.15, -0.1) is 0 Å². The summed E-state index contributed by atoms with van der Waals surface area (Å²) in [6.45, 7) is 14.2. The van der Waals surface area contributed by atoms with Crippen molar-refractivity contribution in [2.24, 2.45) is 10.9 Å². The fraction of sp³-hybridized carbons (Fsp3) is 0.950. The van der Waals surface area contributed by atoms with Gasteiger partial charge < -0.3 is 20.1 Å². The van der Waals surface area contributed by atoms with Crippen molar-refractivity contribution in [1.82, 2.24) is 15.5 Å². The number of nitrogens with one attached hydrogen (secondary N) is 2. The molecule has 0 aromatic rings. The highest BCUT2D eigenvalue weighted by atomic mass is 16.5. The summed E-state index contributed by atoms with van der Waals surface area (Å²) in [6, 6.07) is 0.600. The van der Waals surface area contributed by atoms with E-state index in [4.69, 9.17) is 14.5 Å². The fourth-order valence-corrected chi connectivity index (χ4v) is 3.72. The summed E-state index contributed by atoms with van der Waals surface area (Å²) in [6.07, 6.45) is 6.20. The minimum Gasteiger partial charge on any atom is -0.379 e. The molecule has 2 fully saturated rings. The van der Waals surface area contributed by atoms with Gasteiger partial charge in [-0.1, -0.05) is 13.8 Å². The SMILES string of the molecule is CCNC(=NC[C@H]1CCCN1CC(C)C)NCCCOCC1CCCO1. The van der Waals surface area contributed by atoms with Crippen LogP contribution in [-0.4, -0.2) is 75.5 Å². The smallest absolute Gasteiger partial charge is 0.191 e. The van der Waals surface area contributed by atoms with Crippen LogP contribution in [0.15, 0.2) is 4.99 Å². The Bertz CT molecular complexity index is 397. The largest absolute Gasteiger partial charge is 0.379 e. The maximum atomic E-state index is 5.72. The molecule has 0 aliphatic carbocycles. The van der Waals surface area contributed by atoms with E-state index < -0.39 is 0 Å². The van der Waals surface area contributed by atoms with E-state index in [0.29, 0.717) is 12.1 Å². The number of hydrogen-bond donors (Lipinski definition) is 2. The molecule has 2 N–H and O–H groups in total. The van der Waals surface area contributed by atoms with Crippen LogP contribution in [0.3, 0.4) is 0 Å². The average molecular weight is 369 g/mol. The van der Waals surface area contributed by atoms with Crippen LogP contribution in [0, 0.1) is 5.92 Å². The van der Waals surface area contributed by atoms with Crippen LogP contribution in [0.2, 0.25) is 0 Å². The van der Waals surface area contributed by atoms with E-state index in [1.54, 1.807) is 0 Å². The second kappa shape index (κ2) is 12.5. The Labute approximate surface area is 160 Å². The molecule has 2 rings (SSSR count). The molecule has 1 unspecified atom stereocenters. The van der Waals surface area contributed by atoms with Gasteiger partial charge in [-0.05, 0) is 51.5 Å². The van der Waals surface area contributed by atoms with Gasteiger partial charge >= 0.3 is 0 Å². The highest BCUT2D eigenvalue weighted by Gasteiger charge is 2.24. The molecule has 152 valence electrons. The Morgan fingerprint density at radius 2 is 2.15 bits per heavy atom. The van der Waals surface area contributed by atoms with Crippen LogP contribution in [-0.2, 0) is 9.47 Å². The maximum absolute atomic E-state index is 5.72. The zero-order chi connectivity index (χ0) is 18.6. The second-order valence-corrected chi connectivity index (χ2v) is 7.89. The van der Waals surface area contributed by atoms with Crippen molar-refractivity contribution in [2.45, 2.75) is 65.0 Å². The molecule has 0 spiro atoms. The highest BCUT2D eigenvalue weighted by Crippen LogP contribution is 2.18. The van der Waals surface area contributed by atoms with Gasteiger partial charge in [0.25, 0.3) is 0 Å². The molecule has 6 heteroatoms. The van der Waals surface area contributed by atoms with Crippen LogP contribution in [0.25, 0.3) is 0 Å². The molecule has 0 bridgehead atoms. The summed E-state index contributed by atoms with van der Waals surface area (Å²) < 4.78 is 11.3. The van der Waals surface area contributed by atoms with Crippen LogP contribution < -0.4 is 10.6 Å². The number of nitrogens with zero attached hydrogens (tertiary/aromatic N) is 2. The molecular weight excluding hydrogens is 328 g/mol. The Morgan fingerprint density at radius 1 is 1.27 bits per heavy atom. The first-order valence-corrected chi connectivity index (χ1v) is 10.6. The third-order valence-corrected chi connectivity index (χ3v) is 4.99. The predicted octanol–water partition coefficient (Wildman–Crippen LogP) is 2.25. The van der Waals surface area contributed by atoms with Crippen molar-refractivity contribution in [3.05, 3.63) is 0 Å². The van der Waals surface area contributed by atoms with Gasteiger partial charge in [0.15, 0.2) is 5.96 Å². The van der Waals surface area contributed by atoms with Gasteiger partial charge in [0.1, 0.15) is 0 Å². The lowest BCUT2D eigenvalue weighted by molar-refractivity contribution is 0.0168. The third-order valence-electron chi connectivity index (χ3n) is 4.99. The molecular formula is C20H40N4O2. The minimum absolute atomic E-state index is 0.321. The lowest BCUT2D eigenvalue weighted by atomic mass is 10.2. The lowest BCUT2D eigenvalue weighted by Crippen LogP contribution is -2.40. The molecule has 2 aliphatic rings. The molecule has 0 aromatic heterocycles. The first-order valence-electron chi connectivity index (χ1n) is 10.6. The van der Waals surface area contributed by atoms with Gasteiger partial charge in [-0.2, -0.15) is 0 Å². The molecule has 2 saturated heterocycles. The second-order valence-electron chi connectivity index (χ2n) is 7.89. The van der Waals surface area contributed by atoms with E-state index in [-0.39, 0.29) is 0 Å². The number of likely N-dealkylation sites (tertiary alicyclic amines) is 1. The van der Waals surface area contributed by atoms with E-state index in [1.807, 2.05) is 0 Å². The van der Waals surface area contributed by atoms with Crippen molar-refractivity contribution in [3.8, 4) is 0 Å². The highest BCUT2D eigenvalue weighted by molar-refractivity contribution is 5.79. The normalized spacial score (nSPS) is 24.5. The van der Waals surface area contributed by atoms with Gasteiger partial charge in [0.2, 0.25) is 0 Å². The molecule has 2 heterocycles. The van der Waals surface area contributed by atoms with Crippen molar-refractivity contribution in [3.63, 3.8) is 0 Å². The van der Waals surface area contributed by atoms with Crippen LogP contribution >= 0.6 is 0 Å². The van der Waals surface area contributed by atoms with E-state index in [9.17, 15) is 0 Å². The van der Waals surface area contributed by atoms with Gasteiger partial charge in [-0.3, -0.25) is 9.89 Å². The minimum atomic E-state index is 0.321. The quantitative estimate of drug-likeness (QED) is 0.333. The molecule has 6 nitrogen and oxygen atoms in total. The predicted molar refractivity (Wildman–Crippen MR) is 108 cm³/mol. The van der Waals surface area contributed by atoms with Gasteiger partial charge in [0.05, 0.1) is 19.3 Å². The molecule has 2 aliphatic heterocycles. The van der Waals surface area contributed by atoms with Crippen LogP contribution in [0.4, 0.5) is 0 Å². The Hall–Kier alpha value is -0.850. The van der Waals surface area contributed by atoms with E-state index in [1.165, 1.54) is 32.4 Å². The molecule has 0 amide bonds. The molecule has 0 radical (unpaired) electrons. The number of guanidine groups is 1. The van der Waals surface area contributed by atoms with Crippen LogP contribution in [0.1, 0.15) is 52.9 Å². The Morgan fingerprint density at radius 3 is 2.88 bits per heavy atom. The topological polar surface area (TPSA) is 58.1 Å². The summed E-state index contributed by atoms with van der Waals surface area (Å²) >= 11 is 0. The van der Waals surface area contributed by atoms with Crippen molar-refractivity contribution >= 4 is 5.96 Å². The number of aliphatic imine (C=N–C) groups is 1. The zero-order valence-corrected chi connectivity index (χ0v) is 17.1. The number of rotatable bonds is 11. The van der Waals surface area contributed by atoms with E-state index >= 15 is 0 Å². The van der Waals surface area contributed by atoms with E-state index in [2.05, 4.69) is 36.3 Å². The van der Waals surface area contributed by atoms with Crippen molar-refractivity contribution in [1.29, 1.82) is 0 Å². The fourth-order valence-electron chi connectivity index (χ4n) is 3.72. The third kappa shape index (κ3) is 8.23. The number of hydrogen-bond acceptors (Lipinski definition) is 4. The molecule has 2 atom stereocenters. The standard InChI is InChI=1S/C20H40N4O2/c1-4-21-20(22-10-7-12-25-16-19-9-6-13-26-19)23-14-18-8-5-11-24(18)15-17(2)3/h17-19H,4-16H2,1-3H3,(H2,21,22,23)/t18-,19?/m1/s1. The Kier molecular flexibility index (Phi) is 10.3. The summed E-state index contributed by atoms with van der Waals surface area (Å²) in [5.74, 6) is 1.66. The maximum Gasteiger partial charge on any atom is 0.191 e.